The number of fused-ring (bicyclic) bond motifs is 1. The van der Waals surface area contributed by atoms with Crippen molar-refractivity contribution in [1.82, 2.24) is 24.9 Å². The minimum atomic E-state index is -2.90. The number of hydrogen-bond donors (Lipinski definition) is 4. The Labute approximate surface area is 157 Å². The highest BCUT2D eigenvalue weighted by molar-refractivity contribution is 6.00. The fourth-order valence-electron chi connectivity index (χ4n) is 2.94. The van der Waals surface area contributed by atoms with E-state index in [0.29, 0.717) is 5.82 Å². The van der Waals surface area contributed by atoms with Crippen molar-refractivity contribution in [3.05, 3.63) is 46.5 Å². The molecule has 4 N–H and O–H groups in total. The molecule has 1 aliphatic carbocycles. The molecule has 3 aromatic heterocycles. The van der Waals surface area contributed by atoms with Crippen LogP contribution in [0.1, 0.15) is 23.2 Å². The molecule has 9 nitrogen and oxygen atoms in total. The standard InChI is InChI=1S/C17H17F2N7O2/c1-20-13-7-12(23-10-3-2-6-21-16(10)28)25-14-9(8-22-26(13)14)15(27)24-11-4-5-17(11,18)19/h2-3,6-8,11,20H,4-5H2,1H3,(H,21,28)(H,23,25)(H,24,27)/t11-/m0/s1. The summed E-state index contributed by atoms with van der Waals surface area (Å²) in [6.07, 6.45) is 2.75. The molecule has 146 valence electrons. The Balaban J connectivity index is 1.70. The van der Waals surface area contributed by atoms with Crippen LogP contribution in [-0.4, -0.2) is 44.5 Å². The highest BCUT2D eigenvalue weighted by Crippen LogP contribution is 2.37. The van der Waals surface area contributed by atoms with Gasteiger partial charge in [-0.3, -0.25) is 9.59 Å². The monoisotopic (exact) mass is 389 g/mol. The maximum atomic E-state index is 13.5. The summed E-state index contributed by atoms with van der Waals surface area (Å²) in [5, 5.41) is 12.3. The fourth-order valence-corrected chi connectivity index (χ4v) is 2.94. The third-order valence-electron chi connectivity index (χ3n) is 4.63. The fraction of sp³-hybridized carbons (Fsp3) is 0.294. The molecule has 0 bridgehead atoms. The summed E-state index contributed by atoms with van der Waals surface area (Å²) in [6, 6.07) is 3.64. The number of alkyl halides is 2. The van der Waals surface area contributed by atoms with Crippen LogP contribution in [0.5, 0.6) is 0 Å². The molecule has 0 aliphatic heterocycles. The SMILES string of the molecule is CNc1cc(Nc2ccc[nH]c2=O)nc2c(C(=O)N[C@H]3CCC3(F)F)cnn12. The molecular weight excluding hydrogens is 372 g/mol. The van der Waals surface area contributed by atoms with E-state index in [1.165, 1.54) is 16.9 Å². The first-order valence-corrected chi connectivity index (χ1v) is 8.59. The van der Waals surface area contributed by atoms with Crippen LogP contribution in [0.2, 0.25) is 0 Å². The number of nitrogens with one attached hydrogen (secondary N) is 4. The quantitative estimate of drug-likeness (QED) is 0.528. The number of amides is 1. The van der Waals surface area contributed by atoms with E-state index in [9.17, 15) is 18.4 Å². The van der Waals surface area contributed by atoms with E-state index in [1.807, 2.05) is 0 Å². The minimum absolute atomic E-state index is 0.0600. The second-order valence-corrected chi connectivity index (χ2v) is 6.43. The van der Waals surface area contributed by atoms with E-state index in [1.54, 1.807) is 25.2 Å². The zero-order valence-corrected chi connectivity index (χ0v) is 14.8. The molecule has 1 fully saturated rings. The molecule has 0 unspecified atom stereocenters. The Bertz CT molecular complexity index is 1110. The van der Waals surface area contributed by atoms with Crippen LogP contribution in [0.3, 0.4) is 0 Å². The van der Waals surface area contributed by atoms with Crippen LogP contribution < -0.4 is 21.5 Å². The van der Waals surface area contributed by atoms with E-state index in [2.05, 4.69) is 31.0 Å². The molecule has 0 radical (unpaired) electrons. The summed E-state index contributed by atoms with van der Waals surface area (Å²) < 4.78 is 28.3. The topological polar surface area (TPSA) is 116 Å². The smallest absolute Gasteiger partial charge is 0.271 e. The molecule has 28 heavy (non-hydrogen) atoms. The van der Waals surface area contributed by atoms with Gasteiger partial charge in [-0.15, -0.1) is 0 Å². The van der Waals surface area contributed by atoms with Crippen LogP contribution in [0.4, 0.5) is 26.1 Å². The summed E-state index contributed by atoms with van der Waals surface area (Å²) in [6.45, 7) is 0. The average molecular weight is 389 g/mol. The van der Waals surface area contributed by atoms with Gasteiger partial charge in [-0.1, -0.05) is 0 Å². The van der Waals surface area contributed by atoms with Crippen molar-refractivity contribution < 1.29 is 13.6 Å². The van der Waals surface area contributed by atoms with Crippen molar-refractivity contribution in [2.45, 2.75) is 24.8 Å². The van der Waals surface area contributed by atoms with Gasteiger partial charge in [-0.25, -0.2) is 13.8 Å². The maximum absolute atomic E-state index is 13.5. The van der Waals surface area contributed by atoms with Crippen molar-refractivity contribution in [3.63, 3.8) is 0 Å². The Kier molecular flexibility index (Phi) is 4.21. The molecule has 1 amide bonds. The summed E-state index contributed by atoms with van der Waals surface area (Å²) in [5.41, 5.74) is 0.154. The van der Waals surface area contributed by atoms with Crippen LogP contribution in [0, 0.1) is 0 Å². The van der Waals surface area contributed by atoms with Gasteiger partial charge >= 0.3 is 0 Å². The predicted molar refractivity (Wildman–Crippen MR) is 98.3 cm³/mol. The molecular formula is C17H17F2N7O2. The van der Waals surface area contributed by atoms with E-state index in [0.717, 1.165) is 0 Å². The third-order valence-corrected chi connectivity index (χ3v) is 4.63. The van der Waals surface area contributed by atoms with Crippen molar-refractivity contribution in [2.24, 2.45) is 0 Å². The van der Waals surface area contributed by atoms with Gasteiger partial charge in [0.05, 0.1) is 12.2 Å². The lowest BCUT2D eigenvalue weighted by Crippen LogP contribution is -2.55. The molecule has 11 heteroatoms. The Morgan fingerprint density at radius 3 is 2.89 bits per heavy atom. The summed E-state index contributed by atoms with van der Waals surface area (Å²) in [4.78, 5) is 31.3. The van der Waals surface area contributed by atoms with E-state index in [-0.39, 0.29) is 41.1 Å². The van der Waals surface area contributed by atoms with Gasteiger partial charge < -0.3 is 20.9 Å². The number of halogens is 2. The van der Waals surface area contributed by atoms with Crippen LogP contribution in [0.15, 0.2) is 35.4 Å². The van der Waals surface area contributed by atoms with E-state index >= 15 is 0 Å². The lowest BCUT2D eigenvalue weighted by molar-refractivity contribution is -0.102. The highest BCUT2D eigenvalue weighted by Gasteiger charge is 2.49. The maximum Gasteiger partial charge on any atom is 0.271 e. The van der Waals surface area contributed by atoms with Gasteiger partial charge in [0.25, 0.3) is 17.4 Å². The Morgan fingerprint density at radius 2 is 2.25 bits per heavy atom. The summed E-state index contributed by atoms with van der Waals surface area (Å²) in [7, 11) is 1.66. The Morgan fingerprint density at radius 1 is 1.43 bits per heavy atom. The molecule has 3 heterocycles. The number of hydrogen-bond acceptors (Lipinski definition) is 6. The molecule has 1 aliphatic rings. The van der Waals surface area contributed by atoms with Crippen molar-refractivity contribution in [1.29, 1.82) is 0 Å². The van der Waals surface area contributed by atoms with Gasteiger partial charge in [0.2, 0.25) is 0 Å². The zero-order chi connectivity index (χ0) is 19.9. The minimum Gasteiger partial charge on any atom is -0.373 e. The second kappa shape index (κ2) is 6.59. The van der Waals surface area contributed by atoms with Gasteiger partial charge in [0, 0.05) is 25.7 Å². The number of anilines is 3. The number of carbonyl (C=O) groups is 1. The molecule has 0 spiro atoms. The predicted octanol–water partition coefficient (Wildman–Crippen LogP) is 1.73. The molecule has 1 atom stereocenters. The lowest BCUT2D eigenvalue weighted by Gasteiger charge is -2.36. The average Bonchev–Trinajstić information content (AvgIpc) is 3.10. The number of aromatic nitrogens is 4. The number of nitrogens with zero attached hydrogens (tertiary/aromatic N) is 3. The molecule has 3 aromatic rings. The van der Waals surface area contributed by atoms with Gasteiger partial charge in [0.15, 0.2) is 5.65 Å². The number of rotatable bonds is 5. The normalized spacial score (nSPS) is 17.8. The summed E-state index contributed by atoms with van der Waals surface area (Å²) >= 11 is 0. The second-order valence-electron chi connectivity index (χ2n) is 6.43. The number of H-pyrrole nitrogens is 1. The van der Waals surface area contributed by atoms with Gasteiger partial charge in [0.1, 0.15) is 22.9 Å². The molecule has 1 saturated carbocycles. The first-order valence-electron chi connectivity index (χ1n) is 8.59. The van der Waals surface area contributed by atoms with Crippen LogP contribution >= 0.6 is 0 Å². The highest BCUT2D eigenvalue weighted by atomic mass is 19.3. The summed E-state index contributed by atoms with van der Waals surface area (Å²) in [5.74, 6) is -2.79. The zero-order valence-electron chi connectivity index (χ0n) is 14.8. The Hall–Kier alpha value is -3.50. The van der Waals surface area contributed by atoms with Crippen molar-refractivity contribution >= 4 is 28.9 Å². The number of pyridine rings is 1. The molecule has 0 saturated heterocycles. The number of aromatic amines is 1. The number of carbonyl (C=O) groups excluding carboxylic acids is 1. The van der Waals surface area contributed by atoms with Gasteiger partial charge in [-0.2, -0.15) is 9.61 Å². The largest absolute Gasteiger partial charge is 0.373 e. The third kappa shape index (κ3) is 3.04. The van der Waals surface area contributed by atoms with E-state index < -0.39 is 17.9 Å². The van der Waals surface area contributed by atoms with E-state index in [4.69, 9.17) is 0 Å². The first kappa shape index (κ1) is 17.9. The lowest BCUT2D eigenvalue weighted by atomic mass is 9.88. The van der Waals surface area contributed by atoms with Crippen LogP contribution in [0.25, 0.3) is 5.65 Å². The van der Waals surface area contributed by atoms with Crippen molar-refractivity contribution in [2.75, 3.05) is 17.7 Å². The van der Waals surface area contributed by atoms with Gasteiger partial charge in [-0.05, 0) is 18.6 Å². The first-order chi connectivity index (χ1) is 13.4. The molecule has 0 aromatic carbocycles. The van der Waals surface area contributed by atoms with Crippen molar-refractivity contribution in [3.8, 4) is 0 Å². The van der Waals surface area contributed by atoms with Crippen LogP contribution in [-0.2, 0) is 0 Å². The molecule has 4 rings (SSSR count).